The predicted octanol–water partition coefficient (Wildman–Crippen LogP) is 4.23. The molecule has 0 radical (unpaired) electrons. The molecule has 0 saturated heterocycles. The predicted molar refractivity (Wildman–Crippen MR) is 89.3 cm³/mol. The first-order valence-corrected chi connectivity index (χ1v) is 7.26. The second kappa shape index (κ2) is 6.83. The van der Waals surface area contributed by atoms with Crippen molar-refractivity contribution in [1.29, 1.82) is 0 Å². The maximum Gasteiger partial charge on any atom is 0.257 e. The van der Waals surface area contributed by atoms with Crippen LogP contribution in [0.4, 0.5) is 5.69 Å². The summed E-state index contributed by atoms with van der Waals surface area (Å²) in [6.07, 6.45) is 0. The highest BCUT2D eigenvalue weighted by molar-refractivity contribution is 9.10. The van der Waals surface area contributed by atoms with E-state index in [4.69, 9.17) is 23.8 Å². The van der Waals surface area contributed by atoms with Gasteiger partial charge in [0, 0.05) is 15.7 Å². The molecule has 0 aromatic heterocycles. The number of rotatable bonds is 2. The summed E-state index contributed by atoms with van der Waals surface area (Å²) in [5, 5.41) is 6.29. The van der Waals surface area contributed by atoms with E-state index in [0.29, 0.717) is 16.3 Å². The molecule has 2 N–H and O–H groups in total. The minimum Gasteiger partial charge on any atom is -0.332 e. The van der Waals surface area contributed by atoms with Gasteiger partial charge >= 0.3 is 0 Å². The molecule has 102 valence electrons. The Hall–Kier alpha value is -1.43. The van der Waals surface area contributed by atoms with Crippen LogP contribution in [0.5, 0.6) is 0 Å². The lowest BCUT2D eigenvalue weighted by Crippen LogP contribution is -2.34. The summed E-state index contributed by atoms with van der Waals surface area (Å²) < 4.78 is 0.795. The molecule has 2 aromatic rings. The molecule has 0 aliphatic heterocycles. The summed E-state index contributed by atoms with van der Waals surface area (Å²) >= 11 is 14.4. The Morgan fingerprint density at radius 3 is 2.50 bits per heavy atom. The zero-order valence-corrected chi connectivity index (χ0v) is 13.3. The molecule has 20 heavy (non-hydrogen) atoms. The van der Waals surface area contributed by atoms with Crippen LogP contribution in [0.2, 0.25) is 5.02 Å². The third-order valence-electron chi connectivity index (χ3n) is 2.44. The largest absolute Gasteiger partial charge is 0.332 e. The number of benzene rings is 2. The molecule has 2 aromatic carbocycles. The van der Waals surface area contributed by atoms with E-state index in [1.54, 1.807) is 42.5 Å². The molecule has 2 rings (SSSR count). The summed E-state index contributed by atoms with van der Waals surface area (Å²) in [5.41, 5.74) is 1.25. The highest BCUT2D eigenvalue weighted by Gasteiger charge is 2.07. The lowest BCUT2D eigenvalue weighted by molar-refractivity contribution is 0.0978. The smallest absolute Gasteiger partial charge is 0.257 e. The second-order valence-electron chi connectivity index (χ2n) is 3.90. The third-order valence-corrected chi connectivity index (χ3v) is 3.88. The minimum absolute atomic E-state index is 0.220. The average Bonchev–Trinajstić information content (AvgIpc) is 2.44. The molecular weight excluding hydrogens is 360 g/mol. The second-order valence-corrected chi connectivity index (χ2v) is 5.57. The van der Waals surface area contributed by atoms with Gasteiger partial charge in [-0.25, -0.2) is 0 Å². The van der Waals surface area contributed by atoms with Gasteiger partial charge in [0.25, 0.3) is 5.91 Å². The van der Waals surface area contributed by atoms with E-state index in [2.05, 4.69) is 26.6 Å². The van der Waals surface area contributed by atoms with Crippen LogP contribution in [0.25, 0.3) is 0 Å². The number of anilines is 1. The van der Waals surface area contributed by atoms with E-state index in [1.807, 2.05) is 6.07 Å². The quantitative estimate of drug-likeness (QED) is 0.778. The molecule has 3 nitrogen and oxygen atoms in total. The van der Waals surface area contributed by atoms with Crippen LogP contribution in [0, 0.1) is 0 Å². The van der Waals surface area contributed by atoms with Gasteiger partial charge < -0.3 is 5.32 Å². The van der Waals surface area contributed by atoms with Crippen LogP contribution in [-0.2, 0) is 0 Å². The first kappa shape index (κ1) is 15.0. The van der Waals surface area contributed by atoms with Gasteiger partial charge in [0.1, 0.15) is 0 Å². The van der Waals surface area contributed by atoms with Gasteiger partial charge in [-0.05, 0) is 58.5 Å². The molecule has 6 heteroatoms. The molecular formula is C14H10BrClN2OS. The van der Waals surface area contributed by atoms with Crippen molar-refractivity contribution in [2.75, 3.05) is 5.32 Å². The van der Waals surface area contributed by atoms with Crippen molar-refractivity contribution in [3.05, 3.63) is 63.6 Å². The number of carbonyl (C=O) groups is 1. The zero-order chi connectivity index (χ0) is 14.5. The summed E-state index contributed by atoms with van der Waals surface area (Å²) in [6, 6.07) is 14.2. The lowest BCUT2D eigenvalue weighted by Gasteiger charge is -2.10. The van der Waals surface area contributed by atoms with Crippen molar-refractivity contribution in [3.8, 4) is 0 Å². The molecule has 0 aliphatic rings. The molecule has 0 bridgehead atoms. The fourth-order valence-corrected chi connectivity index (χ4v) is 2.14. The van der Waals surface area contributed by atoms with Gasteiger partial charge in [0.2, 0.25) is 0 Å². The van der Waals surface area contributed by atoms with E-state index in [9.17, 15) is 4.79 Å². The van der Waals surface area contributed by atoms with E-state index >= 15 is 0 Å². The van der Waals surface area contributed by atoms with Crippen LogP contribution >= 0.6 is 39.7 Å². The van der Waals surface area contributed by atoms with Crippen molar-refractivity contribution < 1.29 is 4.79 Å². The van der Waals surface area contributed by atoms with Crippen LogP contribution in [0.15, 0.2) is 53.0 Å². The normalized spacial score (nSPS) is 9.90. The summed E-state index contributed by atoms with van der Waals surface area (Å²) in [4.78, 5) is 11.9. The lowest BCUT2D eigenvalue weighted by atomic mass is 10.2. The monoisotopic (exact) mass is 368 g/mol. The number of hydrogen-bond acceptors (Lipinski definition) is 2. The first-order valence-electron chi connectivity index (χ1n) is 5.68. The Bertz CT molecular complexity index is 649. The summed E-state index contributed by atoms with van der Waals surface area (Å²) in [5.74, 6) is -0.258. The van der Waals surface area contributed by atoms with Gasteiger partial charge in [-0.15, -0.1) is 0 Å². The Kier molecular flexibility index (Phi) is 5.11. The average molecular weight is 370 g/mol. The van der Waals surface area contributed by atoms with E-state index < -0.39 is 0 Å². The standard InChI is InChI=1S/C14H10BrClN2OS/c15-11-7-6-10(8-12(11)16)17-14(20)18-13(19)9-4-2-1-3-5-9/h1-8H,(H2,17,18,19,20). The Morgan fingerprint density at radius 1 is 1.15 bits per heavy atom. The maximum atomic E-state index is 11.9. The van der Waals surface area contributed by atoms with E-state index in [-0.39, 0.29) is 11.0 Å². The van der Waals surface area contributed by atoms with E-state index in [0.717, 1.165) is 4.47 Å². The molecule has 0 heterocycles. The van der Waals surface area contributed by atoms with Gasteiger partial charge in [-0.1, -0.05) is 29.8 Å². The molecule has 0 saturated carbocycles. The Morgan fingerprint density at radius 2 is 1.85 bits per heavy atom. The Labute approximate surface area is 135 Å². The fraction of sp³-hybridized carbons (Fsp3) is 0. The number of hydrogen-bond donors (Lipinski definition) is 2. The molecule has 0 fully saturated rings. The minimum atomic E-state index is -0.258. The van der Waals surface area contributed by atoms with Crippen molar-refractivity contribution in [1.82, 2.24) is 5.32 Å². The highest BCUT2D eigenvalue weighted by atomic mass is 79.9. The van der Waals surface area contributed by atoms with Crippen molar-refractivity contribution in [2.45, 2.75) is 0 Å². The van der Waals surface area contributed by atoms with Gasteiger partial charge in [0.05, 0.1) is 5.02 Å². The van der Waals surface area contributed by atoms with Crippen LogP contribution in [0.1, 0.15) is 10.4 Å². The van der Waals surface area contributed by atoms with Crippen LogP contribution in [0.3, 0.4) is 0 Å². The molecule has 0 unspecified atom stereocenters. The fourth-order valence-electron chi connectivity index (χ4n) is 1.50. The Balaban J connectivity index is 1.99. The number of amides is 1. The van der Waals surface area contributed by atoms with Crippen molar-refractivity contribution in [2.24, 2.45) is 0 Å². The van der Waals surface area contributed by atoms with Crippen LogP contribution in [-0.4, -0.2) is 11.0 Å². The van der Waals surface area contributed by atoms with Gasteiger partial charge in [-0.3, -0.25) is 10.1 Å². The summed E-state index contributed by atoms with van der Waals surface area (Å²) in [6.45, 7) is 0. The first-order chi connectivity index (χ1) is 9.56. The summed E-state index contributed by atoms with van der Waals surface area (Å²) in [7, 11) is 0. The number of halogens is 2. The molecule has 0 atom stereocenters. The number of nitrogens with one attached hydrogen (secondary N) is 2. The third kappa shape index (κ3) is 4.03. The molecule has 0 spiro atoms. The topological polar surface area (TPSA) is 41.1 Å². The molecule has 0 aliphatic carbocycles. The highest BCUT2D eigenvalue weighted by Crippen LogP contribution is 2.25. The van der Waals surface area contributed by atoms with E-state index in [1.165, 1.54) is 0 Å². The van der Waals surface area contributed by atoms with Crippen molar-refractivity contribution >= 4 is 56.5 Å². The van der Waals surface area contributed by atoms with Gasteiger partial charge in [-0.2, -0.15) is 0 Å². The number of carbonyl (C=O) groups excluding carboxylic acids is 1. The molecule has 1 amide bonds. The van der Waals surface area contributed by atoms with Gasteiger partial charge in [0.15, 0.2) is 5.11 Å². The van der Waals surface area contributed by atoms with Crippen LogP contribution < -0.4 is 10.6 Å². The SMILES string of the molecule is O=C(NC(=S)Nc1ccc(Br)c(Cl)c1)c1ccccc1. The zero-order valence-electron chi connectivity index (χ0n) is 10.2. The maximum absolute atomic E-state index is 11.9. The number of thiocarbonyl (C=S) groups is 1. The van der Waals surface area contributed by atoms with Crippen molar-refractivity contribution in [3.63, 3.8) is 0 Å².